The zero-order chi connectivity index (χ0) is 53.7. The molecule has 0 bridgehead atoms. The number of halogens is 6. The molecule has 0 fully saturated rings. The first-order valence-corrected chi connectivity index (χ1v) is 29.0. The minimum absolute atomic E-state index is 0.0143. The molecule has 76 heavy (non-hydrogen) atoms. The molecule has 0 aliphatic carbocycles. The Labute approximate surface area is 438 Å². The van der Waals surface area contributed by atoms with Gasteiger partial charge >= 0.3 is 440 Å². The summed E-state index contributed by atoms with van der Waals surface area (Å²) in [5.41, 5.74) is -1.12. The van der Waals surface area contributed by atoms with Crippen LogP contribution in [-0.4, -0.2) is 31.2 Å². The van der Waals surface area contributed by atoms with Crippen molar-refractivity contribution in [1.82, 2.24) is 0 Å². The second kappa shape index (κ2) is 21.3. The van der Waals surface area contributed by atoms with Gasteiger partial charge < -0.3 is 0 Å². The van der Waals surface area contributed by atoms with E-state index in [0.29, 0.717) is 55.1 Å². The van der Waals surface area contributed by atoms with Crippen molar-refractivity contribution in [3.8, 4) is 5.75 Å². The summed E-state index contributed by atoms with van der Waals surface area (Å²) in [4.78, 5) is 31.4. The number of Topliss-reactive ketones (excluding diaryl/α,β-unsaturated/α-hetero) is 2. The number of ketones is 2. The Kier molecular flexibility index (Phi) is 14.9. The second-order valence-electron chi connectivity index (χ2n) is 18.7. The van der Waals surface area contributed by atoms with E-state index < -0.39 is 74.1 Å². The number of alkyl halides is 6. The summed E-state index contributed by atoms with van der Waals surface area (Å²) in [6.07, 6.45) is -11.5. The number of carbonyl (C=O) groups is 2. The van der Waals surface area contributed by atoms with Crippen LogP contribution in [0.4, 0.5) is 26.3 Å². The van der Waals surface area contributed by atoms with Crippen LogP contribution in [0.25, 0.3) is 0 Å². The molecule has 9 aromatic carbocycles. The van der Waals surface area contributed by atoms with Crippen molar-refractivity contribution in [3.63, 3.8) is 0 Å². The molecule has 0 N–H and O–H groups in total. The van der Waals surface area contributed by atoms with Gasteiger partial charge in [0.25, 0.3) is 0 Å². The molecule has 0 atom stereocenters. The van der Waals surface area contributed by atoms with Gasteiger partial charge in [0.2, 0.25) is 0 Å². The maximum absolute atomic E-state index is 15.7. The zero-order valence-corrected chi connectivity index (χ0v) is 43.2. The molecule has 384 valence electrons. The number of rotatable bonds is 18. The fraction of sp³-hybridized carbons (Fsp3) is 0.0968. The molecular formula is C62H51BF6O5P2. The molecule has 0 unspecified atom stereocenters. The predicted molar refractivity (Wildman–Crippen MR) is 296 cm³/mol. The molecule has 0 aliphatic rings. The summed E-state index contributed by atoms with van der Waals surface area (Å²) in [5.74, 6) is -1.73. The Balaban J connectivity index is 1.47. The van der Waals surface area contributed by atoms with Crippen LogP contribution in [0, 0.1) is 13.8 Å². The number of hydrogen-bond acceptors (Lipinski definition) is 5. The molecule has 9 rings (SSSR count). The van der Waals surface area contributed by atoms with Crippen LogP contribution in [0.15, 0.2) is 249 Å². The Bertz CT molecular complexity index is 3050. The Morgan fingerprint density at radius 1 is 0.382 bits per heavy atom. The van der Waals surface area contributed by atoms with E-state index in [1.54, 1.807) is 218 Å². The maximum atomic E-state index is 15.7. The third-order valence-electron chi connectivity index (χ3n) is 13.8. The van der Waals surface area contributed by atoms with Gasteiger partial charge in [-0.25, -0.2) is 0 Å². The predicted octanol–water partition coefficient (Wildman–Crippen LogP) is 13.4. The van der Waals surface area contributed by atoms with Gasteiger partial charge in [-0.05, 0) is 0 Å². The summed E-state index contributed by atoms with van der Waals surface area (Å²) in [6.45, 7) is -6.86. The second-order valence-corrected chi connectivity index (χ2v) is 27.7. The molecule has 0 spiro atoms. The van der Waals surface area contributed by atoms with E-state index in [1.807, 2.05) is 26.0 Å². The van der Waals surface area contributed by atoms with Gasteiger partial charge in [-0.1, -0.05) is 0 Å². The van der Waals surface area contributed by atoms with Crippen molar-refractivity contribution >= 4 is 64.4 Å². The summed E-state index contributed by atoms with van der Waals surface area (Å²) in [5, 5.41) is 2.66. The number of benzene rings is 9. The first-order valence-electron chi connectivity index (χ1n) is 24.3. The van der Waals surface area contributed by atoms with E-state index in [9.17, 15) is 26.3 Å². The molecule has 0 radical (unpaired) electrons. The number of carbonyl (C=O) groups excluding carboxylic acids is 2. The molecule has 0 saturated carbocycles. The first kappa shape index (κ1) is 53.4. The molecule has 0 aromatic heterocycles. The van der Waals surface area contributed by atoms with Crippen LogP contribution < -0.4 is 36.5 Å². The fourth-order valence-corrected chi connectivity index (χ4v) is 21.3. The average Bonchev–Trinajstić information content (AvgIpc) is 3.50. The van der Waals surface area contributed by atoms with Crippen LogP contribution in [0.3, 0.4) is 0 Å². The topological polar surface area (TPSA) is 61.8 Å². The number of aryl methyl sites for hydroxylation is 2. The fourth-order valence-electron chi connectivity index (χ4n) is 10.3. The molecule has 9 aromatic rings. The van der Waals surface area contributed by atoms with Gasteiger partial charge in [0, 0.05) is 0 Å². The van der Waals surface area contributed by atoms with Crippen molar-refractivity contribution in [3.05, 3.63) is 282 Å². The Hall–Kier alpha value is -7.46. The number of hydrogen-bond donors (Lipinski definition) is 0. The van der Waals surface area contributed by atoms with E-state index in [4.69, 9.17) is 13.5 Å². The van der Waals surface area contributed by atoms with Crippen LogP contribution in [-0.2, 0) is 21.2 Å². The molecule has 0 heterocycles. The van der Waals surface area contributed by atoms with Gasteiger partial charge in [-0.15, -0.1) is 0 Å². The van der Waals surface area contributed by atoms with Gasteiger partial charge in [-0.2, -0.15) is 0 Å². The van der Waals surface area contributed by atoms with Crippen LogP contribution >= 0.6 is 13.7 Å². The van der Waals surface area contributed by atoms with Crippen molar-refractivity contribution in [2.45, 2.75) is 26.2 Å². The van der Waals surface area contributed by atoms with E-state index in [2.05, 4.69) is 0 Å². The van der Waals surface area contributed by atoms with Crippen LogP contribution in [0.2, 0.25) is 0 Å². The van der Waals surface area contributed by atoms with Crippen molar-refractivity contribution < 1.29 is 49.5 Å². The van der Waals surface area contributed by atoms with E-state index in [0.717, 1.165) is 11.1 Å². The Morgan fingerprint density at radius 2 is 0.658 bits per heavy atom. The van der Waals surface area contributed by atoms with Gasteiger partial charge in [0.05, 0.1) is 0 Å². The normalized spacial score (nSPS) is 13.1. The van der Waals surface area contributed by atoms with Crippen molar-refractivity contribution in [1.29, 1.82) is 0 Å². The van der Waals surface area contributed by atoms with Crippen molar-refractivity contribution in [2.75, 3.05) is 12.3 Å². The molecule has 5 nitrogen and oxygen atoms in total. The first-order chi connectivity index (χ1) is 36.4. The van der Waals surface area contributed by atoms with Crippen LogP contribution in [0.1, 0.15) is 43.0 Å². The van der Waals surface area contributed by atoms with Crippen LogP contribution in [0.5, 0.6) is 5.75 Å². The summed E-state index contributed by atoms with van der Waals surface area (Å²) in [6, 6.07) is 68.3. The monoisotopic (exact) mass is 1060 g/mol. The van der Waals surface area contributed by atoms with E-state index in [-0.39, 0.29) is 6.07 Å². The summed E-state index contributed by atoms with van der Waals surface area (Å²) < 4.78 is 113. The van der Waals surface area contributed by atoms with E-state index in [1.165, 1.54) is 0 Å². The summed E-state index contributed by atoms with van der Waals surface area (Å²) >= 11 is 0. The molecular weight excluding hydrogens is 1010 g/mol. The third-order valence-corrected chi connectivity index (χ3v) is 25.2. The zero-order valence-electron chi connectivity index (χ0n) is 41.4. The van der Waals surface area contributed by atoms with Gasteiger partial charge in [0.1, 0.15) is 0 Å². The molecule has 14 heteroatoms. The standard InChI is InChI=1S/C62H51BF6O5P2/c1-46-23-21-25-48(39-46)59(70)44-75(53-27-9-3-10-28-53,54-29-11-4-12-30-54,55-31-13-5-14-32-55)73-63(72-52-42-50(61(64,65)66)41-51(43-52)62(67,68)69)74-76(56-33-15-6-16-34-56,57-35-17-7-18-36-57,58-37-19-8-20-38-58)45-60(71)49-26-22-24-47(2)40-49/h3-43H,44-45H2,1-2H3. The van der Waals surface area contributed by atoms with Crippen molar-refractivity contribution in [2.24, 2.45) is 0 Å². The SMILES string of the molecule is Cc1cccc(C(=O)CP(OB(Oc2cc(C(F)(F)F)cc(C(F)(F)F)c2)OP(CC(=O)c2cccc(C)c2)(c2ccccc2)(c2ccccc2)c2ccccc2)(c2ccccc2)(c2ccccc2)c2ccccc2)c1. The quantitative estimate of drug-likeness (QED) is 0.0371. The average molecular weight is 1060 g/mol. The van der Waals surface area contributed by atoms with Gasteiger partial charge in [0.15, 0.2) is 0 Å². The van der Waals surface area contributed by atoms with E-state index >= 15 is 9.59 Å². The third kappa shape index (κ3) is 10.1. The molecule has 0 amide bonds. The molecule has 0 saturated heterocycles. The summed E-state index contributed by atoms with van der Waals surface area (Å²) in [7, 11) is -2.36. The molecule has 0 aliphatic heterocycles. The minimum atomic E-state index is -5.29. The van der Waals surface area contributed by atoms with Gasteiger partial charge in [-0.3, -0.25) is 0 Å². The Morgan fingerprint density at radius 3 is 0.908 bits per heavy atom.